The summed E-state index contributed by atoms with van der Waals surface area (Å²) in [5.41, 5.74) is 2.07. The predicted molar refractivity (Wildman–Crippen MR) is 84.8 cm³/mol. The van der Waals surface area contributed by atoms with E-state index in [2.05, 4.69) is 5.32 Å². The van der Waals surface area contributed by atoms with E-state index in [4.69, 9.17) is 4.74 Å². The lowest BCUT2D eigenvalue weighted by molar-refractivity contribution is -0.137. The molecule has 22 heavy (non-hydrogen) atoms. The van der Waals surface area contributed by atoms with E-state index in [1.54, 1.807) is 11.9 Å². The molecule has 120 valence electrons. The molecule has 5 heteroatoms. The summed E-state index contributed by atoms with van der Waals surface area (Å²) in [5.74, 6) is 0.863. The van der Waals surface area contributed by atoms with Crippen LogP contribution in [0.4, 0.5) is 0 Å². The van der Waals surface area contributed by atoms with Crippen molar-refractivity contribution in [3.63, 3.8) is 0 Å². The summed E-state index contributed by atoms with van der Waals surface area (Å²) in [4.78, 5) is 25.6. The highest BCUT2D eigenvalue weighted by Gasteiger charge is 2.26. The molecule has 1 heterocycles. The Hall–Kier alpha value is -2.04. The van der Waals surface area contributed by atoms with Crippen molar-refractivity contribution in [2.75, 3.05) is 26.7 Å². The topological polar surface area (TPSA) is 58.6 Å². The second-order valence-electron chi connectivity index (χ2n) is 5.78. The molecule has 0 aliphatic carbocycles. The molecule has 0 saturated carbocycles. The molecule has 1 saturated heterocycles. The quantitative estimate of drug-likeness (QED) is 0.920. The van der Waals surface area contributed by atoms with Crippen molar-refractivity contribution < 1.29 is 14.3 Å². The minimum absolute atomic E-state index is 0.0157. The zero-order valence-electron chi connectivity index (χ0n) is 13.5. The first kappa shape index (κ1) is 16.3. The number of hydrogen-bond acceptors (Lipinski definition) is 3. The van der Waals surface area contributed by atoms with Gasteiger partial charge in [0, 0.05) is 26.1 Å². The lowest BCUT2D eigenvalue weighted by Gasteiger charge is -2.31. The van der Waals surface area contributed by atoms with Crippen LogP contribution in [-0.2, 0) is 9.59 Å². The summed E-state index contributed by atoms with van der Waals surface area (Å²) in [7, 11) is 1.65. The van der Waals surface area contributed by atoms with E-state index in [9.17, 15) is 9.59 Å². The van der Waals surface area contributed by atoms with Gasteiger partial charge in [-0.15, -0.1) is 0 Å². The van der Waals surface area contributed by atoms with Gasteiger partial charge in [-0.25, -0.2) is 0 Å². The Kier molecular flexibility index (Phi) is 5.41. The summed E-state index contributed by atoms with van der Waals surface area (Å²) in [6, 6.07) is 5.92. The molecule has 2 rings (SSSR count). The highest BCUT2D eigenvalue weighted by atomic mass is 16.5. The van der Waals surface area contributed by atoms with Gasteiger partial charge in [-0.1, -0.05) is 18.2 Å². The van der Waals surface area contributed by atoms with Gasteiger partial charge in [-0.2, -0.15) is 0 Å². The standard InChI is InChI=1S/C17H24N2O3/c1-12-5-4-6-13(2)16(12)22-11-15(20)19-9-7-14(8-10-19)17(21)18-3/h4-6,14H,7-11H2,1-3H3,(H,18,21). The van der Waals surface area contributed by atoms with Crippen molar-refractivity contribution in [1.29, 1.82) is 0 Å². The first-order chi connectivity index (χ1) is 10.5. The van der Waals surface area contributed by atoms with Gasteiger partial charge in [-0.3, -0.25) is 9.59 Å². The number of benzene rings is 1. The minimum Gasteiger partial charge on any atom is -0.483 e. The van der Waals surface area contributed by atoms with Crippen molar-refractivity contribution >= 4 is 11.8 Å². The van der Waals surface area contributed by atoms with Crippen LogP contribution < -0.4 is 10.1 Å². The lowest BCUT2D eigenvalue weighted by Crippen LogP contribution is -2.44. The van der Waals surface area contributed by atoms with Gasteiger partial charge in [0.15, 0.2) is 6.61 Å². The van der Waals surface area contributed by atoms with Crippen LogP contribution in [0, 0.1) is 19.8 Å². The third kappa shape index (κ3) is 3.78. The molecule has 2 amide bonds. The van der Waals surface area contributed by atoms with Crippen molar-refractivity contribution in [3.05, 3.63) is 29.3 Å². The minimum atomic E-state index is -0.0157. The number of carbonyl (C=O) groups excluding carboxylic acids is 2. The first-order valence-corrected chi connectivity index (χ1v) is 7.71. The molecule has 1 aliphatic rings. The number of aryl methyl sites for hydroxylation is 2. The largest absolute Gasteiger partial charge is 0.483 e. The zero-order valence-corrected chi connectivity index (χ0v) is 13.5. The number of nitrogens with zero attached hydrogens (tertiary/aromatic N) is 1. The molecule has 1 aromatic rings. The predicted octanol–water partition coefficient (Wildman–Crippen LogP) is 1.67. The molecule has 0 bridgehead atoms. The molecule has 5 nitrogen and oxygen atoms in total. The fraction of sp³-hybridized carbons (Fsp3) is 0.529. The number of amides is 2. The maximum absolute atomic E-state index is 12.2. The smallest absolute Gasteiger partial charge is 0.260 e. The van der Waals surface area contributed by atoms with Crippen molar-refractivity contribution in [2.45, 2.75) is 26.7 Å². The van der Waals surface area contributed by atoms with Crippen LogP contribution in [0.15, 0.2) is 18.2 Å². The molecule has 0 aromatic heterocycles. The van der Waals surface area contributed by atoms with E-state index < -0.39 is 0 Å². The van der Waals surface area contributed by atoms with Crippen molar-refractivity contribution in [2.24, 2.45) is 5.92 Å². The van der Waals surface area contributed by atoms with Gasteiger partial charge in [0.05, 0.1) is 0 Å². The number of ether oxygens (including phenoxy) is 1. The first-order valence-electron chi connectivity index (χ1n) is 7.71. The Morgan fingerprint density at radius 3 is 2.36 bits per heavy atom. The fourth-order valence-corrected chi connectivity index (χ4v) is 2.85. The molecule has 1 aliphatic heterocycles. The summed E-state index contributed by atoms with van der Waals surface area (Å²) >= 11 is 0. The van der Waals surface area contributed by atoms with E-state index in [0.29, 0.717) is 13.1 Å². The van der Waals surface area contributed by atoms with Gasteiger partial charge in [0.1, 0.15) is 5.75 Å². The molecule has 0 spiro atoms. The van der Waals surface area contributed by atoms with Gasteiger partial charge >= 0.3 is 0 Å². The number of piperidine rings is 1. The van der Waals surface area contributed by atoms with Crippen LogP contribution in [0.25, 0.3) is 0 Å². The van der Waals surface area contributed by atoms with E-state index >= 15 is 0 Å². The van der Waals surface area contributed by atoms with Gasteiger partial charge < -0.3 is 15.0 Å². The number of hydrogen-bond donors (Lipinski definition) is 1. The van der Waals surface area contributed by atoms with Crippen LogP contribution in [0.1, 0.15) is 24.0 Å². The molecular weight excluding hydrogens is 280 g/mol. The number of likely N-dealkylation sites (tertiary alicyclic amines) is 1. The number of nitrogens with one attached hydrogen (secondary N) is 1. The average molecular weight is 304 g/mol. The zero-order chi connectivity index (χ0) is 16.1. The Labute approximate surface area is 131 Å². The van der Waals surface area contributed by atoms with Gasteiger partial charge in [-0.05, 0) is 37.8 Å². The normalized spacial score (nSPS) is 15.5. The third-order valence-electron chi connectivity index (χ3n) is 4.21. The SMILES string of the molecule is CNC(=O)C1CCN(C(=O)COc2c(C)cccc2C)CC1. The summed E-state index contributed by atoms with van der Waals surface area (Å²) in [6.45, 7) is 5.24. The van der Waals surface area contributed by atoms with E-state index in [0.717, 1.165) is 29.7 Å². The molecule has 1 fully saturated rings. The second kappa shape index (κ2) is 7.29. The summed E-state index contributed by atoms with van der Waals surface area (Å²) in [5, 5.41) is 2.67. The maximum atomic E-state index is 12.2. The number of para-hydroxylation sites is 1. The highest BCUT2D eigenvalue weighted by molar-refractivity contribution is 5.80. The van der Waals surface area contributed by atoms with Crippen LogP contribution in [0.5, 0.6) is 5.75 Å². The molecule has 0 unspecified atom stereocenters. The Bertz CT molecular complexity index is 529. The maximum Gasteiger partial charge on any atom is 0.260 e. The average Bonchev–Trinajstić information content (AvgIpc) is 2.53. The van der Waals surface area contributed by atoms with Crippen LogP contribution in [-0.4, -0.2) is 43.5 Å². The number of rotatable bonds is 4. The second-order valence-corrected chi connectivity index (χ2v) is 5.78. The third-order valence-corrected chi connectivity index (χ3v) is 4.21. The summed E-state index contributed by atoms with van der Waals surface area (Å²) < 4.78 is 5.71. The van der Waals surface area contributed by atoms with Crippen molar-refractivity contribution in [3.8, 4) is 5.75 Å². The molecule has 0 radical (unpaired) electrons. The Balaban J connectivity index is 1.85. The van der Waals surface area contributed by atoms with E-state index in [-0.39, 0.29) is 24.3 Å². The molecule has 1 aromatic carbocycles. The van der Waals surface area contributed by atoms with Crippen LogP contribution in [0.3, 0.4) is 0 Å². The van der Waals surface area contributed by atoms with E-state index in [1.807, 2.05) is 32.0 Å². The molecule has 0 atom stereocenters. The Morgan fingerprint density at radius 2 is 1.82 bits per heavy atom. The number of carbonyl (C=O) groups is 2. The van der Waals surface area contributed by atoms with Crippen LogP contribution in [0.2, 0.25) is 0 Å². The van der Waals surface area contributed by atoms with E-state index in [1.165, 1.54) is 0 Å². The summed E-state index contributed by atoms with van der Waals surface area (Å²) in [6.07, 6.45) is 1.43. The fourth-order valence-electron chi connectivity index (χ4n) is 2.85. The lowest BCUT2D eigenvalue weighted by atomic mass is 9.96. The molecular formula is C17H24N2O3. The van der Waals surface area contributed by atoms with Crippen LogP contribution >= 0.6 is 0 Å². The van der Waals surface area contributed by atoms with Gasteiger partial charge in [0.2, 0.25) is 5.91 Å². The van der Waals surface area contributed by atoms with Crippen molar-refractivity contribution in [1.82, 2.24) is 10.2 Å². The van der Waals surface area contributed by atoms with Gasteiger partial charge in [0.25, 0.3) is 5.91 Å². The monoisotopic (exact) mass is 304 g/mol. The molecule has 1 N–H and O–H groups in total. The Morgan fingerprint density at radius 1 is 1.23 bits per heavy atom. The highest BCUT2D eigenvalue weighted by Crippen LogP contribution is 2.23.